The van der Waals surface area contributed by atoms with Gasteiger partial charge < -0.3 is 4.90 Å². The van der Waals surface area contributed by atoms with Crippen molar-refractivity contribution in [2.24, 2.45) is 0 Å². The zero-order valence-corrected chi connectivity index (χ0v) is 11.2. The molecule has 0 aliphatic rings. The number of pyridine rings is 1. The molecule has 0 radical (unpaired) electrons. The van der Waals surface area contributed by atoms with Crippen molar-refractivity contribution in [2.45, 2.75) is 0 Å². The van der Waals surface area contributed by atoms with E-state index in [1.54, 1.807) is 18.1 Å². The van der Waals surface area contributed by atoms with Crippen molar-refractivity contribution < 1.29 is 4.79 Å². The fraction of sp³-hybridized carbons (Fsp3) is 0.0588. The number of hydrogen-bond donors (Lipinski definition) is 0. The number of carbonyl (C=O) groups is 1. The van der Waals surface area contributed by atoms with E-state index in [2.05, 4.69) is 4.98 Å². The largest absolute Gasteiger partial charge is 0.311 e. The van der Waals surface area contributed by atoms with Crippen LogP contribution >= 0.6 is 0 Å². The minimum absolute atomic E-state index is 0.0326. The lowest BCUT2D eigenvalue weighted by Crippen LogP contribution is -2.26. The van der Waals surface area contributed by atoms with Gasteiger partial charge in [-0.05, 0) is 30.3 Å². The maximum absolute atomic E-state index is 12.7. The van der Waals surface area contributed by atoms with Crippen molar-refractivity contribution in [1.82, 2.24) is 4.98 Å². The highest BCUT2D eigenvalue weighted by atomic mass is 16.2. The van der Waals surface area contributed by atoms with Gasteiger partial charge in [-0.2, -0.15) is 0 Å². The number of nitrogens with zero attached hydrogens (tertiary/aromatic N) is 2. The minimum Gasteiger partial charge on any atom is -0.311 e. The molecule has 0 aliphatic carbocycles. The molecule has 0 saturated heterocycles. The normalized spacial score (nSPS) is 10.4. The number of amides is 1. The first kappa shape index (κ1) is 12.4. The van der Waals surface area contributed by atoms with Gasteiger partial charge in [-0.1, -0.05) is 30.3 Å². The van der Waals surface area contributed by atoms with Crippen LogP contribution in [0.15, 0.2) is 66.9 Å². The lowest BCUT2D eigenvalue weighted by atomic mass is 10.1. The molecule has 3 rings (SSSR count). The van der Waals surface area contributed by atoms with E-state index in [0.29, 0.717) is 5.56 Å². The van der Waals surface area contributed by atoms with Crippen LogP contribution in [-0.2, 0) is 0 Å². The third kappa shape index (κ3) is 2.14. The molecule has 98 valence electrons. The first-order valence-electron chi connectivity index (χ1n) is 6.44. The number of rotatable bonds is 2. The molecule has 0 unspecified atom stereocenters. The summed E-state index contributed by atoms with van der Waals surface area (Å²) in [5.41, 5.74) is 2.38. The molecular formula is C17H14N2O. The zero-order chi connectivity index (χ0) is 13.9. The van der Waals surface area contributed by atoms with Crippen molar-refractivity contribution >= 4 is 22.5 Å². The Morgan fingerprint density at radius 2 is 1.75 bits per heavy atom. The smallest absolute Gasteiger partial charge is 0.258 e. The summed E-state index contributed by atoms with van der Waals surface area (Å²) in [4.78, 5) is 18.6. The highest BCUT2D eigenvalue weighted by Crippen LogP contribution is 2.20. The van der Waals surface area contributed by atoms with Gasteiger partial charge in [0.05, 0.1) is 5.52 Å². The Kier molecular flexibility index (Phi) is 3.17. The summed E-state index contributed by atoms with van der Waals surface area (Å²) in [7, 11) is 1.78. The summed E-state index contributed by atoms with van der Waals surface area (Å²) in [6.45, 7) is 0. The summed E-state index contributed by atoms with van der Waals surface area (Å²) in [5.74, 6) is -0.0326. The number of benzene rings is 2. The number of para-hydroxylation sites is 1. The Bertz CT molecular complexity index is 748. The molecule has 3 heteroatoms. The van der Waals surface area contributed by atoms with Gasteiger partial charge in [-0.3, -0.25) is 9.78 Å². The van der Waals surface area contributed by atoms with E-state index in [0.717, 1.165) is 16.6 Å². The molecule has 0 bridgehead atoms. The lowest BCUT2D eigenvalue weighted by Gasteiger charge is -2.18. The minimum atomic E-state index is -0.0326. The van der Waals surface area contributed by atoms with Crippen LogP contribution in [-0.4, -0.2) is 17.9 Å². The molecule has 0 N–H and O–H groups in total. The average molecular weight is 262 g/mol. The van der Waals surface area contributed by atoms with Gasteiger partial charge in [0.1, 0.15) is 0 Å². The second-order valence-corrected chi connectivity index (χ2v) is 4.58. The van der Waals surface area contributed by atoms with Gasteiger partial charge >= 0.3 is 0 Å². The quantitative estimate of drug-likeness (QED) is 0.708. The predicted molar refractivity (Wildman–Crippen MR) is 80.9 cm³/mol. The highest BCUT2D eigenvalue weighted by molar-refractivity contribution is 6.13. The van der Waals surface area contributed by atoms with E-state index in [9.17, 15) is 4.79 Å². The molecule has 0 spiro atoms. The third-order valence-electron chi connectivity index (χ3n) is 3.32. The van der Waals surface area contributed by atoms with E-state index in [-0.39, 0.29) is 5.91 Å². The summed E-state index contributed by atoms with van der Waals surface area (Å²) >= 11 is 0. The lowest BCUT2D eigenvalue weighted by molar-refractivity contribution is 0.0994. The molecule has 0 aliphatic heterocycles. The van der Waals surface area contributed by atoms with Crippen LogP contribution < -0.4 is 4.90 Å². The maximum atomic E-state index is 12.7. The van der Waals surface area contributed by atoms with E-state index in [4.69, 9.17) is 0 Å². The van der Waals surface area contributed by atoms with Gasteiger partial charge in [0, 0.05) is 29.9 Å². The second kappa shape index (κ2) is 5.13. The van der Waals surface area contributed by atoms with Crippen molar-refractivity contribution in [3.05, 3.63) is 72.4 Å². The SMILES string of the molecule is CN(C(=O)c1cccc2ncccc12)c1ccccc1. The maximum Gasteiger partial charge on any atom is 0.258 e. The number of fused-ring (bicyclic) bond motifs is 1. The zero-order valence-electron chi connectivity index (χ0n) is 11.2. The van der Waals surface area contributed by atoms with E-state index >= 15 is 0 Å². The summed E-state index contributed by atoms with van der Waals surface area (Å²) < 4.78 is 0. The van der Waals surface area contributed by atoms with Crippen LogP contribution in [0.25, 0.3) is 10.9 Å². The third-order valence-corrected chi connectivity index (χ3v) is 3.32. The van der Waals surface area contributed by atoms with Crippen LogP contribution in [0.2, 0.25) is 0 Å². The molecule has 0 fully saturated rings. The predicted octanol–water partition coefficient (Wildman–Crippen LogP) is 3.51. The van der Waals surface area contributed by atoms with Gasteiger partial charge in [0.25, 0.3) is 5.91 Å². The highest BCUT2D eigenvalue weighted by Gasteiger charge is 2.15. The van der Waals surface area contributed by atoms with Crippen molar-refractivity contribution in [3.8, 4) is 0 Å². The fourth-order valence-corrected chi connectivity index (χ4v) is 2.24. The van der Waals surface area contributed by atoms with Crippen molar-refractivity contribution in [2.75, 3.05) is 11.9 Å². The summed E-state index contributed by atoms with van der Waals surface area (Å²) in [6.07, 6.45) is 1.73. The van der Waals surface area contributed by atoms with E-state index in [1.807, 2.05) is 60.7 Å². The summed E-state index contributed by atoms with van der Waals surface area (Å²) in [5, 5.41) is 0.878. The fourth-order valence-electron chi connectivity index (χ4n) is 2.24. The average Bonchev–Trinajstić information content (AvgIpc) is 2.54. The van der Waals surface area contributed by atoms with Crippen molar-refractivity contribution in [3.63, 3.8) is 0 Å². The Labute approximate surface area is 117 Å². The molecule has 1 amide bonds. The standard InChI is InChI=1S/C17H14N2O/c1-19(13-7-3-2-4-8-13)17(20)15-9-5-11-16-14(15)10-6-12-18-16/h2-12H,1H3. The van der Waals surface area contributed by atoms with Crippen LogP contribution in [0.5, 0.6) is 0 Å². The molecule has 2 aromatic carbocycles. The molecule has 0 atom stereocenters. The van der Waals surface area contributed by atoms with Gasteiger partial charge in [0.2, 0.25) is 0 Å². The monoisotopic (exact) mass is 262 g/mol. The van der Waals surface area contributed by atoms with Crippen LogP contribution in [0.3, 0.4) is 0 Å². The van der Waals surface area contributed by atoms with Crippen LogP contribution in [0.1, 0.15) is 10.4 Å². The first-order valence-corrected chi connectivity index (χ1v) is 6.44. The van der Waals surface area contributed by atoms with Crippen LogP contribution in [0, 0.1) is 0 Å². The Hall–Kier alpha value is -2.68. The van der Waals surface area contributed by atoms with Crippen molar-refractivity contribution in [1.29, 1.82) is 0 Å². The van der Waals surface area contributed by atoms with Crippen LogP contribution in [0.4, 0.5) is 5.69 Å². The molecule has 1 heterocycles. The Morgan fingerprint density at radius 1 is 0.950 bits per heavy atom. The Balaban J connectivity index is 2.05. The molecule has 20 heavy (non-hydrogen) atoms. The van der Waals surface area contributed by atoms with Gasteiger partial charge in [-0.25, -0.2) is 0 Å². The van der Waals surface area contributed by atoms with Gasteiger partial charge in [0.15, 0.2) is 0 Å². The number of anilines is 1. The number of carbonyl (C=O) groups excluding carboxylic acids is 1. The molecule has 3 aromatic rings. The number of aromatic nitrogens is 1. The summed E-state index contributed by atoms with van der Waals surface area (Å²) in [6, 6.07) is 19.0. The Morgan fingerprint density at radius 3 is 2.55 bits per heavy atom. The molecule has 0 saturated carbocycles. The molecule has 1 aromatic heterocycles. The van der Waals surface area contributed by atoms with E-state index in [1.165, 1.54) is 0 Å². The second-order valence-electron chi connectivity index (χ2n) is 4.58. The molecule has 3 nitrogen and oxygen atoms in total. The topological polar surface area (TPSA) is 33.2 Å². The van der Waals surface area contributed by atoms with Gasteiger partial charge in [-0.15, -0.1) is 0 Å². The first-order chi connectivity index (χ1) is 9.77. The molecular weight excluding hydrogens is 248 g/mol. The van der Waals surface area contributed by atoms with E-state index < -0.39 is 0 Å². The number of hydrogen-bond acceptors (Lipinski definition) is 2.